The summed E-state index contributed by atoms with van der Waals surface area (Å²) in [5.41, 5.74) is 0. The minimum Gasteiger partial charge on any atom is -0.492 e. The molecule has 0 amide bonds. The maximum atomic E-state index is 13.2. The Kier molecular flexibility index (Phi) is 5.92. The van der Waals surface area contributed by atoms with Crippen molar-refractivity contribution in [3.63, 3.8) is 0 Å². The Balaban J connectivity index is 2.29. The van der Waals surface area contributed by atoms with Gasteiger partial charge in [0.05, 0.1) is 4.47 Å². The average Bonchev–Trinajstić information content (AvgIpc) is 2.28. The van der Waals surface area contributed by atoms with Crippen LogP contribution in [0.5, 0.6) is 5.75 Å². The lowest BCUT2D eigenvalue weighted by molar-refractivity contribution is 0.295. The summed E-state index contributed by atoms with van der Waals surface area (Å²) < 4.78 is 19.1. The van der Waals surface area contributed by atoms with E-state index < -0.39 is 0 Å². The van der Waals surface area contributed by atoms with Crippen molar-refractivity contribution in [3.05, 3.63) is 28.5 Å². The van der Waals surface area contributed by atoms with E-state index >= 15 is 0 Å². The summed E-state index contributed by atoms with van der Waals surface area (Å²) in [5.74, 6) is 0.857. The standard InChI is InChI=1S/C13H19BrFNO/c1-9(2)10(3)16-6-7-17-11-4-5-12(14)13(15)8-11/h4-5,8-10,16H,6-7H2,1-3H3. The molecule has 2 nitrogen and oxygen atoms in total. The molecule has 96 valence electrons. The predicted molar refractivity (Wildman–Crippen MR) is 71.9 cm³/mol. The van der Waals surface area contributed by atoms with E-state index in [9.17, 15) is 4.39 Å². The minimum atomic E-state index is -0.300. The third-order valence-corrected chi connectivity index (χ3v) is 3.37. The Labute approximate surface area is 111 Å². The number of nitrogens with one attached hydrogen (secondary N) is 1. The van der Waals surface area contributed by atoms with Crippen LogP contribution < -0.4 is 10.1 Å². The van der Waals surface area contributed by atoms with Crippen LogP contribution in [0.15, 0.2) is 22.7 Å². The number of rotatable bonds is 6. The summed E-state index contributed by atoms with van der Waals surface area (Å²) in [7, 11) is 0. The molecular weight excluding hydrogens is 285 g/mol. The molecule has 0 aromatic heterocycles. The Morgan fingerprint density at radius 3 is 2.65 bits per heavy atom. The zero-order valence-electron chi connectivity index (χ0n) is 10.5. The Bertz CT molecular complexity index is 357. The molecule has 0 bridgehead atoms. The van der Waals surface area contributed by atoms with Crippen LogP contribution >= 0.6 is 15.9 Å². The van der Waals surface area contributed by atoms with E-state index in [0.717, 1.165) is 6.54 Å². The number of hydrogen-bond acceptors (Lipinski definition) is 2. The zero-order chi connectivity index (χ0) is 12.8. The maximum absolute atomic E-state index is 13.2. The lowest BCUT2D eigenvalue weighted by atomic mass is 10.1. The van der Waals surface area contributed by atoms with Crippen LogP contribution in [0.25, 0.3) is 0 Å². The van der Waals surface area contributed by atoms with Crippen molar-refractivity contribution in [3.8, 4) is 5.75 Å². The fourth-order valence-electron chi connectivity index (χ4n) is 1.26. The summed E-state index contributed by atoms with van der Waals surface area (Å²) >= 11 is 3.10. The third kappa shape index (κ3) is 5.04. The normalized spacial score (nSPS) is 12.8. The molecule has 1 N–H and O–H groups in total. The summed E-state index contributed by atoms with van der Waals surface area (Å²) in [6.07, 6.45) is 0. The van der Waals surface area contributed by atoms with Gasteiger partial charge in [0.15, 0.2) is 0 Å². The number of benzene rings is 1. The van der Waals surface area contributed by atoms with E-state index in [-0.39, 0.29) is 5.82 Å². The molecule has 0 aliphatic rings. The van der Waals surface area contributed by atoms with Gasteiger partial charge in [0, 0.05) is 18.7 Å². The predicted octanol–water partition coefficient (Wildman–Crippen LogP) is 3.60. The van der Waals surface area contributed by atoms with Crippen LogP contribution in [0, 0.1) is 11.7 Å². The Morgan fingerprint density at radius 1 is 1.35 bits per heavy atom. The smallest absolute Gasteiger partial charge is 0.141 e. The SMILES string of the molecule is CC(C)C(C)NCCOc1ccc(Br)c(F)c1. The molecule has 0 radical (unpaired) electrons. The van der Waals surface area contributed by atoms with Crippen molar-refractivity contribution in [1.82, 2.24) is 5.32 Å². The summed E-state index contributed by atoms with van der Waals surface area (Å²) in [6, 6.07) is 5.24. The van der Waals surface area contributed by atoms with E-state index in [2.05, 4.69) is 42.0 Å². The van der Waals surface area contributed by atoms with Gasteiger partial charge in [0.2, 0.25) is 0 Å². The van der Waals surface area contributed by atoms with E-state index in [1.54, 1.807) is 12.1 Å². The molecule has 0 saturated carbocycles. The van der Waals surface area contributed by atoms with Gasteiger partial charge in [-0.05, 0) is 40.9 Å². The van der Waals surface area contributed by atoms with Crippen LogP contribution in [-0.4, -0.2) is 19.2 Å². The molecule has 17 heavy (non-hydrogen) atoms. The molecule has 1 atom stereocenters. The fraction of sp³-hybridized carbons (Fsp3) is 0.538. The molecule has 1 rings (SSSR count). The van der Waals surface area contributed by atoms with E-state index in [4.69, 9.17) is 4.74 Å². The third-order valence-electron chi connectivity index (χ3n) is 2.73. The molecule has 0 fully saturated rings. The van der Waals surface area contributed by atoms with Gasteiger partial charge in [0.1, 0.15) is 18.2 Å². The van der Waals surface area contributed by atoms with Gasteiger partial charge < -0.3 is 10.1 Å². The monoisotopic (exact) mass is 303 g/mol. The fourth-order valence-corrected chi connectivity index (χ4v) is 1.50. The summed E-state index contributed by atoms with van der Waals surface area (Å²) in [6.45, 7) is 7.78. The Hall–Kier alpha value is -0.610. The van der Waals surface area contributed by atoms with Crippen LogP contribution in [-0.2, 0) is 0 Å². The first kappa shape index (κ1) is 14.5. The quantitative estimate of drug-likeness (QED) is 0.811. The van der Waals surface area contributed by atoms with Crippen molar-refractivity contribution >= 4 is 15.9 Å². The maximum Gasteiger partial charge on any atom is 0.141 e. The molecule has 0 aliphatic carbocycles. The largest absolute Gasteiger partial charge is 0.492 e. The average molecular weight is 304 g/mol. The summed E-state index contributed by atoms with van der Waals surface area (Å²) in [5, 5.41) is 3.35. The molecule has 0 saturated heterocycles. The van der Waals surface area contributed by atoms with Crippen molar-refractivity contribution in [2.24, 2.45) is 5.92 Å². The highest BCUT2D eigenvalue weighted by molar-refractivity contribution is 9.10. The van der Waals surface area contributed by atoms with E-state index in [0.29, 0.717) is 28.8 Å². The minimum absolute atomic E-state index is 0.300. The van der Waals surface area contributed by atoms with Gasteiger partial charge in [-0.25, -0.2) is 4.39 Å². The first-order valence-corrected chi connectivity index (χ1v) is 6.61. The molecule has 0 heterocycles. The first-order valence-electron chi connectivity index (χ1n) is 5.82. The van der Waals surface area contributed by atoms with E-state index in [1.807, 2.05) is 0 Å². The lowest BCUT2D eigenvalue weighted by Crippen LogP contribution is -2.33. The number of hydrogen-bond donors (Lipinski definition) is 1. The summed E-state index contributed by atoms with van der Waals surface area (Å²) in [4.78, 5) is 0. The second-order valence-electron chi connectivity index (χ2n) is 4.41. The van der Waals surface area contributed by atoms with Crippen molar-refractivity contribution in [1.29, 1.82) is 0 Å². The van der Waals surface area contributed by atoms with Crippen LogP contribution in [0.3, 0.4) is 0 Å². The van der Waals surface area contributed by atoms with Gasteiger partial charge >= 0.3 is 0 Å². The van der Waals surface area contributed by atoms with Crippen molar-refractivity contribution < 1.29 is 9.13 Å². The Morgan fingerprint density at radius 2 is 2.06 bits per heavy atom. The van der Waals surface area contributed by atoms with Crippen LogP contribution in [0.4, 0.5) is 4.39 Å². The van der Waals surface area contributed by atoms with Crippen molar-refractivity contribution in [2.45, 2.75) is 26.8 Å². The molecule has 0 spiro atoms. The highest BCUT2D eigenvalue weighted by atomic mass is 79.9. The van der Waals surface area contributed by atoms with Crippen molar-refractivity contribution in [2.75, 3.05) is 13.2 Å². The first-order chi connectivity index (χ1) is 8.00. The second kappa shape index (κ2) is 6.97. The highest BCUT2D eigenvalue weighted by Gasteiger charge is 2.05. The molecule has 4 heteroatoms. The van der Waals surface area contributed by atoms with Gasteiger partial charge in [-0.15, -0.1) is 0 Å². The number of ether oxygens (including phenoxy) is 1. The van der Waals surface area contributed by atoms with Gasteiger partial charge in [-0.1, -0.05) is 13.8 Å². The molecular formula is C13H19BrFNO. The highest BCUT2D eigenvalue weighted by Crippen LogP contribution is 2.20. The molecule has 0 aliphatic heterocycles. The van der Waals surface area contributed by atoms with Crippen LogP contribution in [0.2, 0.25) is 0 Å². The van der Waals surface area contributed by atoms with Gasteiger partial charge in [-0.3, -0.25) is 0 Å². The molecule has 1 aromatic carbocycles. The molecule has 1 unspecified atom stereocenters. The number of halogens is 2. The van der Waals surface area contributed by atoms with Gasteiger partial charge in [-0.2, -0.15) is 0 Å². The lowest BCUT2D eigenvalue weighted by Gasteiger charge is -2.17. The second-order valence-corrected chi connectivity index (χ2v) is 5.27. The van der Waals surface area contributed by atoms with E-state index in [1.165, 1.54) is 6.07 Å². The topological polar surface area (TPSA) is 21.3 Å². The zero-order valence-corrected chi connectivity index (χ0v) is 12.1. The van der Waals surface area contributed by atoms with Crippen LogP contribution in [0.1, 0.15) is 20.8 Å². The molecule has 1 aromatic rings. The van der Waals surface area contributed by atoms with Gasteiger partial charge in [0.25, 0.3) is 0 Å².